The van der Waals surface area contributed by atoms with Crippen LogP contribution in [0.3, 0.4) is 0 Å². The average molecular weight is 256 g/mol. The summed E-state index contributed by atoms with van der Waals surface area (Å²) in [5.74, 6) is -0.981. The van der Waals surface area contributed by atoms with Crippen molar-refractivity contribution in [2.75, 3.05) is 5.73 Å². The van der Waals surface area contributed by atoms with Crippen molar-refractivity contribution >= 4 is 34.4 Å². The third kappa shape index (κ3) is 2.08. The zero-order valence-corrected chi connectivity index (χ0v) is 9.61. The number of hydrogen-bond acceptors (Lipinski definition) is 3. The number of hydrogen-bond donors (Lipinski definition) is 1. The molecule has 5 heteroatoms. The molecule has 16 heavy (non-hydrogen) atoms. The van der Waals surface area contributed by atoms with Gasteiger partial charge in [0.25, 0.3) is 0 Å². The summed E-state index contributed by atoms with van der Waals surface area (Å²) in [7, 11) is 0. The molecule has 0 aliphatic heterocycles. The molecule has 0 aliphatic rings. The van der Waals surface area contributed by atoms with E-state index in [1.807, 2.05) is 0 Å². The highest BCUT2D eigenvalue weighted by atomic mass is 35.5. The van der Waals surface area contributed by atoms with E-state index in [4.69, 9.17) is 17.3 Å². The Kier molecular flexibility index (Phi) is 2.94. The SMILES string of the molecule is Nc1ccc(F)c(C(=O)c2ccc(Cl)s2)c1. The molecule has 0 atom stereocenters. The van der Waals surface area contributed by atoms with Crippen LogP contribution in [-0.4, -0.2) is 5.78 Å². The fourth-order valence-electron chi connectivity index (χ4n) is 1.29. The first-order chi connectivity index (χ1) is 7.58. The van der Waals surface area contributed by atoms with Crippen molar-refractivity contribution in [1.29, 1.82) is 0 Å². The Morgan fingerprint density at radius 1 is 1.31 bits per heavy atom. The van der Waals surface area contributed by atoms with E-state index in [1.54, 1.807) is 12.1 Å². The van der Waals surface area contributed by atoms with E-state index in [1.165, 1.54) is 18.2 Å². The van der Waals surface area contributed by atoms with Crippen molar-refractivity contribution in [2.45, 2.75) is 0 Å². The predicted octanol–water partition coefficient (Wildman–Crippen LogP) is 3.35. The Hall–Kier alpha value is -1.39. The summed E-state index contributed by atoms with van der Waals surface area (Å²) in [6.07, 6.45) is 0. The molecule has 82 valence electrons. The van der Waals surface area contributed by atoms with Gasteiger partial charge in [0, 0.05) is 5.69 Å². The molecule has 2 nitrogen and oxygen atoms in total. The van der Waals surface area contributed by atoms with Gasteiger partial charge in [0.05, 0.1) is 14.8 Å². The fourth-order valence-corrected chi connectivity index (χ4v) is 2.28. The first-order valence-electron chi connectivity index (χ1n) is 4.43. The maximum absolute atomic E-state index is 13.4. The zero-order valence-electron chi connectivity index (χ0n) is 8.04. The van der Waals surface area contributed by atoms with Crippen LogP contribution in [0.5, 0.6) is 0 Å². The Balaban J connectivity index is 2.45. The molecule has 0 amide bonds. The summed E-state index contributed by atoms with van der Waals surface area (Å²) < 4.78 is 13.9. The number of ketones is 1. The summed E-state index contributed by atoms with van der Waals surface area (Å²) >= 11 is 6.82. The fraction of sp³-hybridized carbons (Fsp3) is 0. The van der Waals surface area contributed by atoms with Gasteiger partial charge in [-0.05, 0) is 30.3 Å². The number of benzene rings is 1. The topological polar surface area (TPSA) is 43.1 Å². The summed E-state index contributed by atoms with van der Waals surface area (Å²) in [6, 6.07) is 7.08. The van der Waals surface area contributed by atoms with Gasteiger partial charge in [-0.2, -0.15) is 0 Å². The lowest BCUT2D eigenvalue weighted by Gasteiger charge is -2.01. The van der Waals surface area contributed by atoms with Crippen molar-refractivity contribution in [3.8, 4) is 0 Å². The Labute approximate surface area is 100 Å². The third-order valence-electron chi connectivity index (χ3n) is 2.03. The van der Waals surface area contributed by atoms with E-state index in [0.29, 0.717) is 14.9 Å². The second kappa shape index (κ2) is 4.23. The highest BCUT2D eigenvalue weighted by Crippen LogP contribution is 2.25. The largest absolute Gasteiger partial charge is 0.399 e. The smallest absolute Gasteiger partial charge is 0.206 e. The van der Waals surface area contributed by atoms with Gasteiger partial charge in [0.1, 0.15) is 5.82 Å². The van der Waals surface area contributed by atoms with Crippen LogP contribution >= 0.6 is 22.9 Å². The minimum Gasteiger partial charge on any atom is -0.399 e. The van der Waals surface area contributed by atoms with E-state index in [0.717, 1.165) is 11.3 Å². The quantitative estimate of drug-likeness (QED) is 0.661. The molecule has 1 heterocycles. The molecule has 0 saturated heterocycles. The van der Waals surface area contributed by atoms with Gasteiger partial charge < -0.3 is 5.73 Å². The second-order valence-electron chi connectivity index (χ2n) is 3.17. The number of thiophene rings is 1. The van der Waals surface area contributed by atoms with Gasteiger partial charge in [0.15, 0.2) is 0 Å². The first-order valence-corrected chi connectivity index (χ1v) is 5.62. The van der Waals surface area contributed by atoms with Crippen molar-refractivity contribution in [3.63, 3.8) is 0 Å². The van der Waals surface area contributed by atoms with Gasteiger partial charge in [0.2, 0.25) is 5.78 Å². The number of rotatable bonds is 2. The highest BCUT2D eigenvalue weighted by molar-refractivity contribution is 7.18. The summed E-state index contributed by atoms with van der Waals surface area (Å²) in [5.41, 5.74) is 5.83. The van der Waals surface area contributed by atoms with Crippen LogP contribution in [0.25, 0.3) is 0 Å². The monoisotopic (exact) mass is 255 g/mol. The molecule has 0 fully saturated rings. The van der Waals surface area contributed by atoms with E-state index >= 15 is 0 Å². The van der Waals surface area contributed by atoms with Crippen molar-refractivity contribution in [1.82, 2.24) is 0 Å². The molecule has 0 saturated carbocycles. The van der Waals surface area contributed by atoms with Crippen molar-refractivity contribution < 1.29 is 9.18 Å². The molecule has 0 spiro atoms. The van der Waals surface area contributed by atoms with Crippen LogP contribution in [0.15, 0.2) is 30.3 Å². The Bertz CT molecular complexity index is 553. The molecular weight excluding hydrogens is 249 g/mol. The molecule has 1 aromatic heterocycles. The molecule has 0 bridgehead atoms. The number of nitrogens with two attached hydrogens (primary N) is 1. The first kappa shape index (κ1) is 11.1. The van der Waals surface area contributed by atoms with E-state index in [2.05, 4.69) is 0 Å². The highest BCUT2D eigenvalue weighted by Gasteiger charge is 2.15. The molecule has 2 aromatic rings. The molecule has 0 radical (unpaired) electrons. The maximum Gasteiger partial charge on any atom is 0.206 e. The van der Waals surface area contributed by atoms with Crippen LogP contribution in [0.1, 0.15) is 15.2 Å². The van der Waals surface area contributed by atoms with Crippen LogP contribution in [-0.2, 0) is 0 Å². The second-order valence-corrected chi connectivity index (χ2v) is 4.89. The zero-order chi connectivity index (χ0) is 11.7. The summed E-state index contributed by atoms with van der Waals surface area (Å²) in [4.78, 5) is 12.3. The predicted molar refractivity (Wildman–Crippen MR) is 63.6 cm³/mol. The van der Waals surface area contributed by atoms with Crippen LogP contribution < -0.4 is 5.73 Å². The average Bonchev–Trinajstić information content (AvgIpc) is 2.67. The third-order valence-corrected chi connectivity index (χ3v) is 3.26. The van der Waals surface area contributed by atoms with E-state index in [-0.39, 0.29) is 5.56 Å². The van der Waals surface area contributed by atoms with E-state index < -0.39 is 11.6 Å². The minimum atomic E-state index is -0.580. The van der Waals surface area contributed by atoms with Crippen LogP contribution in [0, 0.1) is 5.82 Å². The van der Waals surface area contributed by atoms with Gasteiger partial charge in [-0.15, -0.1) is 11.3 Å². The molecule has 1 aromatic carbocycles. The molecule has 2 rings (SSSR count). The van der Waals surface area contributed by atoms with Gasteiger partial charge in [-0.1, -0.05) is 11.6 Å². The Morgan fingerprint density at radius 2 is 2.06 bits per heavy atom. The van der Waals surface area contributed by atoms with Crippen LogP contribution in [0.4, 0.5) is 10.1 Å². The minimum absolute atomic E-state index is 0.0292. The lowest BCUT2D eigenvalue weighted by Crippen LogP contribution is -2.03. The van der Waals surface area contributed by atoms with Crippen LogP contribution in [0.2, 0.25) is 4.34 Å². The van der Waals surface area contributed by atoms with Gasteiger partial charge in [-0.25, -0.2) is 4.39 Å². The number of nitrogen functional groups attached to an aromatic ring is 1. The van der Waals surface area contributed by atoms with E-state index in [9.17, 15) is 9.18 Å². The molecule has 2 N–H and O–H groups in total. The summed E-state index contributed by atoms with van der Waals surface area (Å²) in [5, 5.41) is 0. The van der Waals surface area contributed by atoms with Gasteiger partial charge >= 0.3 is 0 Å². The normalized spacial score (nSPS) is 10.4. The summed E-state index contributed by atoms with van der Waals surface area (Å²) in [6.45, 7) is 0. The molecule has 0 unspecified atom stereocenters. The number of carbonyl (C=O) groups excluding carboxylic acids is 1. The standard InChI is InChI=1S/C11H7ClFNOS/c12-10-4-3-9(16-10)11(15)7-5-6(14)1-2-8(7)13/h1-5H,14H2. The molecule has 0 aliphatic carbocycles. The van der Waals surface area contributed by atoms with Crippen molar-refractivity contribution in [2.24, 2.45) is 0 Å². The lowest BCUT2D eigenvalue weighted by molar-refractivity contribution is 0.103. The maximum atomic E-state index is 13.4. The number of anilines is 1. The van der Waals surface area contributed by atoms with Gasteiger partial charge in [-0.3, -0.25) is 4.79 Å². The molecular formula is C11H7ClFNOS. The lowest BCUT2D eigenvalue weighted by atomic mass is 10.1. The number of carbonyl (C=O) groups is 1. The van der Waals surface area contributed by atoms with Crippen molar-refractivity contribution in [3.05, 3.63) is 50.9 Å². The number of halogens is 2. The Morgan fingerprint density at radius 3 is 2.69 bits per heavy atom.